The minimum Gasteiger partial charge on any atom is -0.467 e. The summed E-state index contributed by atoms with van der Waals surface area (Å²) in [5, 5.41) is 6.06. The first-order chi connectivity index (χ1) is 25.0. The lowest BCUT2D eigenvalue weighted by molar-refractivity contribution is 0.141. The molecule has 0 saturated carbocycles. The molecule has 52 heavy (non-hydrogen) atoms. The summed E-state index contributed by atoms with van der Waals surface area (Å²) in [7, 11) is 0. The van der Waals surface area contributed by atoms with Crippen molar-refractivity contribution < 1.29 is 51.6 Å². The predicted molar refractivity (Wildman–Crippen MR) is 196 cm³/mol. The average molecular weight is 781 g/mol. The number of nitrogens with zero attached hydrogens (tertiary/aromatic N) is 4. The fraction of sp³-hybridized carbons (Fsp3) is 0.375. The molecule has 6 rings (SSSR count). The summed E-state index contributed by atoms with van der Waals surface area (Å²) >= 11 is 11.4. The highest BCUT2D eigenvalue weighted by molar-refractivity contribution is 8.22. The van der Waals surface area contributed by atoms with Gasteiger partial charge in [-0.15, -0.1) is 11.8 Å². The number of hydrogen-bond acceptors (Lipinski definition) is 12. The van der Waals surface area contributed by atoms with Crippen LogP contribution in [0, 0.1) is 11.6 Å². The molecule has 2 N–H and O–H groups in total. The summed E-state index contributed by atoms with van der Waals surface area (Å²) in [6.07, 6.45) is 0.240. The Balaban J connectivity index is 0.000000201. The second-order valence-electron chi connectivity index (χ2n) is 11.2. The van der Waals surface area contributed by atoms with Gasteiger partial charge in [-0.2, -0.15) is 0 Å². The van der Waals surface area contributed by atoms with Gasteiger partial charge in [-0.1, -0.05) is 24.9 Å². The van der Waals surface area contributed by atoms with Crippen molar-refractivity contribution in [3.05, 3.63) is 60.7 Å². The molecular formula is C32H34F2N6O9S3. The van der Waals surface area contributed by atoms with Gasteiger partial charge in [0.15, 0.2) is 11.6 Å². The van der Waals surface area contributed by atoms with Gasteiger partial charge >= 0.3 is 24.4 Å². The molecular weight excluding hydrogens is 747 g/mol. The highest BCUT2D eigenvalue weighted by Crippen LogP contribution is 2.32. The quantitative estimate of drug-likeness (QED) is 0.197. The van der Waals surface area contributed by atoms with Crippen LogP contribution in [0.15, 0.2) is 49.1 Å². The topological polar surface area (TPSA) is 151 Å². The molecule has 20 heteroatoms. The molecule has 15 nitrogen and oxygen atoms in total. The van der Waals surface area contributed by atoms with E-state index in [0.717, 1.165) is 27.6 Å². The third-order valence-corrected chi connectivity index (χ3v) is 9.21. The van der Waals surface area contributed by atoms with Crippen LogP contribution in [0.2, 0.25) is 0 Å². The first-order valence-corrected chi connectivity index (χ1v) is 17.8. The minimum absolute atomic E-state index is 0.0104. The molecule has 0 spiro atoms. The van der Waals surface area contributed by atoms with Crippen LogP contribution in [-0.2, 0) is 23.7 Å². The van der Waals surface area contributed by atoms with E-state index in [1.807, 2.05) is 6.26 Å². The zero-order valence-corrected chi connectivity index (χ0v) is 30.2. The van der Waals surface area contributed by atoms with Crippen molar-refractivity contribution in [2.24, 2.45) is 0 Å². The van der Waals surface area contributed by atoms with Gasteiger partial charge in [0.05, 0.1) is 45.0 Å². The number of rotatable bonds is 10. The fourth-order valence-electron chi connectivity index (χ4n) is 5.33. The van der Waals surface area contributed by atoms with Crippen LogP contribution in [0.25, 0.3) is 0 Å². The van der Waals surface area contributed by atoms with Crippen molar-refractivity contribution in [1.82, 2.24) is 10.6 Å². The fourth-order valence-corrected chi connectivity index (χ4v) is 5.79. The highest BCUT2D eigenvalue weighted by atomic mass is 32.2. The standard InChI is InChI=1S/C17H19N3O5S.C15H15F2N3O4S2/c1-2-8-23-15(26)18-10-14-11-20(17(22)25-14)13-5-3-12(4-6-13)19-7-9-24-16(19)21;1-26-13(25)18-6-9-7-20(15(22)24-9)8-4-10(16)12(11(17)5-8)19-2-3-23-14(19)21/h2-6,14H,1,7-11H2,(H,18,26);4-5,9H,2-3,6-7H2,1H3,(H,18,25)/t14-;9-/m00/s1. The molecule has 0 bridgehead atoms. The molecule has 0 unspecified atom stereocenters. The van der Waals surface area contributed by atoms with Gasteiger partial charge in [-0.25, -0.2) is 28.0 Å². The summed E-state index contributed by atoms with van der Waals surface area (Å²) in [6.45, 7) is 6.04. The normalized spacial score (nSPS) is 19.4. The second-order valence-corrected chi connectivity index (χ2v) is 13.0. The Morgan fingerprint density at radius 2 is 1.33 bits per heavy atom. The van der Waals surface area contributed by atoms with Crippen LogP contribution >= 0.6 is 36.2 Å². The molecule has 0 aromatic heterocycles. The molecule has 2 atom stereocenters. The van der Waals surface area contributed by atoms with Gasteiger partial charge in [-0.3, -0.25) is 19.6 Å². The lowest BCUT2D eigenvalue weighted by atomic mass is 10.2. The highest BCUT2D eigenvalue weighted by Gasteiger charge is 2.36. The first kappa shape index (κ1) is 38.3. The molecule has 0 aliphatic carbocycles. The van der Waals surface area contributed by atoms with Gasteiger partial charge in [-0.05, 0) is 42.7 Å². The molecule has 4 amide bonds. The molecule has 4 fully saturated rings. The number of carbonyl (C=O) groups excluding carboxylic acids is 4. The molecule has 0 radical (unpaired) electrons. The minimum atomic E-state index is -0.961. The Hall–Kier alpha value is -4.95. The Morgan fingerprint density at radius 1 is 0.827 bits per heavy atom. The van der Waals surface area contributed by atoms with E-state index < -0.39 is 41.7 Å². The van der Waals surface area contributed by atoms with E-state index in [-0.39, 0.29) is 42.8 Å². The van der Waals surface area contributed by atoms with E-state index in [1.54, 1.807) is 35.2 Å². The molecule has 4 heterocycles. The van der Waals surface area contributed by atoms with E-state index in [9.17, 15) is 28.0 Å². The third-order valence-electron chi connectivity index (χ3n) is 7.79. The number of thiocarbonyl (C=S) groups is 2. The summed E-state index contributed by atoms with van der Waals surface area (Å²) in [5.41, 5.74) is 0.939. The lowest BCUT2D eigenvalue weighted by Gasteiger charge is -2.18. The third kappa shape index (κ3) is 9.28. The largest absolute Gasteiger partial charge is 0.467 e. The predicted octanol–water partition coefficient (Wildman–Crippen LogP) is 4.53. The average Bonchev–Trinajstić information content (AvgIpc) is 3.93. The van der Waals surface area contributed by atoms with E-state index in [0.29, 0.717) is 49.4 Å². The Labute approximate surface area is 312 Å². The van der Waals surface area contributed by atoms with Crippen LogP contribution in [0.5, 0.6) is 0 Å². The van der Waals surface area contributed by atoms with E-state index in [2.05, 4.69) is 17.2 Å². The maximum absolute atomic E-state index is 14.4. The second kappa shape index (κ2) is 17.5. The van der Waals surface area contributed by atoms with E-state index in [4.69, 9.17) is 48.1 Å². The Kier molecular flexibility index (Phi) is 12.9. The number of nitrogens with one attached hydrogen (secondary N) is 2. The van der Waals surface area contributed by atoms with Crippen molar-refractivity contribution in [1.29, 1.82) is 0 Å². The van der Waals surface area contributed by atoms with Crippen molar-refractivity contribution in [2.75, 3.05) is 84.9 Å². The smallest absolute Gasteiger partial charge is 0.414 e. The zero-order valence-electron chi connectivity index (χ0n) is 27.7. The number of thioether (sulfide) groups is 1. The maximum Gasteiger partial charge on any atom is 0.414 e. The number of benzene rings is 2. The van der Waals surface area contributed by atoms with Crippen LogP contribution in [0.3, 0.4) is 0 Å². The maximum atomic E-state index is 14.4. The molecule has 278 valence electrons. The molecule has 2 aromatic rings. The molecule has 4 aliphatic heterocycles. The van der Waals surface area contributed by atoms with Gasteiger partial charge in [0.25, 0.3) is 5.17 Å². The Bertz CT molecular complexity index is 1700. The van der Waals surface area contributed by atoms with Crippen LogP contribution in [-0.4, -0.2) is 111 Å². The number of ether oxygens (including phenoxy) is 5. The first-order valence-electron chi connectivity index (χ1n) is 15.8. The van der Waals surface area contributed by atoms with E-state index >= 15 is 0 Å². The van der Waals surface area contributed by atoms with Crippen molar-refractivity contribution >= 4 is 92.8 Å². The van der Waals surface area contributed by atoms with Gasteiger partial charge in [0.1, 0.15) is 42.0 Å². The molecule has 2 aromatic carbocycles. The monoisotopic (exact) mass is 780 g/mol. The number of amides is 4. The van der Waals surface area contributed by atoms with Gasteiger partial charge in [0.2, 0.25) is 0 Å². The number of halogens is 2. The van der Waals surface area contributed by atoms with Crippen molar-refractivity contribution in [3.63, 3.8) is 0 Å². The van der Waals surface area contributed by atoms with Crippen LogP contribution < -0.4 is 30.2 Å². The zero-order chi connectivity index (χ0) is 37.4. The van der Waals surface area contributed by atoms with Crippen molar-refractivity contribution in [3.8, 4) is 0 Å². The number of anilines is 4. The number of carbonyl (C=O) groups is 4. The molecule has 4 saturated heterocycles. The Morgan fingerprint density at radius 3 is 1.83 bits per heavy atom. The van der Waals surface area contributed by atoms with Gasteiger partial charge < -0.3 is 34.3 Å². The number of hydrogen-bond donors (Lipinski definition) is 2. The van der Waals surface area contributed by atoms with Gasteiger partial charge in [0, 0.05) is 23.5 Å². The summed E-state index contributed by atoms with van der Waals surface area (Å²) in [5.74, 6) is -1.92. The van der Waals surface area contributed by atoms with Crippen LogP contribution in [0.1, 0.15) is 0 Å². The summed E-state index contributed by atoms with van der Waals surface area (Å²) in [6, 6.07) is 9.09. The van der Waals surface area contributed by atoms with Crippen molar-refractivity contribution in [2.45, 2.75) is 12.2 Å². The SMILES string of the molecule is C=CCOC(=S)NC[C@H]1CN(c2ccc(N3CCOC3=O)cc2)C(=O)O1.CSC(=S)NC[C@H]1CN(c2cc(F)c(N3CCOC3=O)c(F)c2)C(=O)O1. The summed E-state index contributed by atoms with van der Waals surface area (Å²) < 4.78 is 54.7. The van der Waals surface area contributed by atoms with Crippen LogP contribution in [0.4, 0.5) is 50.7 Å². The lowest BCUT2D eigenvalue weighted by Crippen LogP contribution is -2.34. The van der Waals surface area contributed by atoms with E-state index in [1.165, 1.54) is 16.7 Å². The number of cyclic esters (lactones) is 4. The summed E-state index contributed by atoms with van der Waals surface area (Å²) in [4.78, 5) is 52.3. The molecule has 4 aliphatic rings.